The number of aryl methyl sites for hydroxylation is 1. The van der Waals surface area contributed by atoms with E-state index in [1.165, 1.54) is 0 Å². The molecule has 1 aliphatic heterocycles. The number of benzene rings is 2. The number of likely N-dealkylation sites (tertiary alicyclic amines) is 1. The smallest absolute Gasteiger partial charge is 0.304 e. The summed E-state index contributed by atoms with van der Waals surface area (Å²) in [4.78, 5) is 32.9. The van der Waals surface area contributed by atoms with Gasteiger partial charge in [0, 0.05) is 21.7 Å². The minimum Gasteiger partial charge on any atom is -0.481 e. The van der Waals surface area contributed by atoms with E-state index in [0.717, 1.165) is 22.5 Å². The standard InChI is InChI=1S/C29H30Cl2N2O3/c1-4-25(24-10-5-7-18(2)32-24)33-27(19-11-13-21(30)14-12-19)23(20-8-6-9-22(31)15-20)16-29(3,28(33)36)17-26(34)35/h5-15,23,25,27H,4,16-17H2,1-3H3,(H,34,35)/t23-,25-,27-,29-/m1/s1. The molecule has 2 aromatic carbocycles. The van der Waals surface area contributed by atoms with Crippen molar-refractivity contribution >= 4 is 35.1 Å². The molecule has 0 spiro atoms. The largest absolute Gasteiger partial charge is 0.481 e. The molecule has 3 aromatic rings. The van der Waals surface area contributed by atoms with E-state index in [1.807, 2.05) is 85.5 Å². The van der Waals surface area contributed by atoms with Crippen LogP contribution in [0, 0.1) is 12.3 Å². The number of carbonyl (C=O) groups excluding carboxylic acids is 1. The Morgan fingerprint density at radius 1 is 1.08 bits per heavy atom. The molecule has 0 saturated carbocycles. The van der Waals surface area contributed by atoms with Crippen molar-refractivity contribution in [1.29, 1.82) is 0 Å². The molecule has 1 amide bonds. The Morgan fingerprint density at radius 3 is 2.39 bits per heavy atom. The topological polar surface area (TPSA) is 70.5 Å². The summed E-state index contributed by atoms with van der Waals surface area (Å²) in [6.45, 7) is 5.72. The van der Waals surface area contributed by atoms with Gasteiger partial charge in [0.25, 0.3) is 0 Å². The highest BCUT2D eigenvalue weighted by atomic mass is 35.5. The molecule has 5 nitrogen and oxygen atoms in total. The van der Waals surface area contributed by atoms with Crippen LogP contribution in [0.4, 0.5) is 0 Å². The summed E-state index contributed by atoms with van der Waals surface area (Å²) >= 11 is 12.6. The Kier molecular flexibility index (Phi) is 7.72. The number of pyridine rings is 1. The maximum absolute atomic E-state index is 14.3. The van der Waals surface area contributed by atoms with Crippen LogP contribution < -0.4 is 0 Å². The molecule has 36 heavy (non-hydrogen) atoms. The summed E-state index contributed by atoms with van der Waals surface area (Å²) < 4.78 is 0. The van der Waals surface area contributed by atoms with Crippen molar-refractivity contribution in [2.24, 2.45) is 5.41 Å². The minimum atomic E-state index is -1.10. The van der Waals surface area contributed by atoms with Gasteiger partial charge >= 0.3 is 5.97 Å². The molecular weight excluding hydrogens is 495 g/mol. The molecule has 1 fully saturated rings. The second kappa shape index (κ2) is 10.6. The summed E-state index contributed by atoms with van der Waals surface area (Å²) in [7, 11) is 0. The summed E-state index contributed by atoms with van der Waals surface area (Å²) in [6, 6.07) is 20.3. The second-order valence-electron chi connectivity index (χ2n) is 9.83. The third kappa shape index (κ3) is 5.28. The molecule has 0 radical (unpaired) electrons. The lowest BCUT2D eigenvalue weighted by Crippen LogP contribution is -2.53. The number of nitrogens with zero attached hydrogens (tertiary/aromatic N) is 2. The van der Waals surface area contributed by atoms with Crippen LogP contribution in [0.3, 0.4) is 0 Å². The predicted molar refractivity (Wildman–Crippen MR) is 142 cm³/mol. The van der Waals surface area contributed by atoms with Gasteiger partial charge < -0.3 is 10.0 Å². The van der Waals surface area contributed by atoms with Crippen LogP contribution >= 0.6 is 23.2 Å². The van der Waals surface area contributed by atoms with Gasteiger partial charge in [0.2, 0.25) is 5.91 Å². The lowest BCUT2D eigenvalue weighted by atomic mass is 9.67. The van der Waals surface area contributed by atoms with Crippen molar-refractivity contribution in [2.75, 3.05) is 0 Å². The summed E-state index contributed by atoms with van der Waals surface area (Å²) in [5.74, 6) is -1.37. The van der Waals surface area contributed by atoms with Gasteiger partial charge in [-0.2, -0.15) is 0 Å². The number of piperidine rings is 1. The monoisotopic (exact) mass is 524 g/mol. The van der Waals surface area contributed by atoms with E-state index in [9.17, 15) is 14.7 Å². The Bertz CT molecular complexity index is 1260. The highest BCUT2D eigenvalue weighted by Crippen LogP contribution is 2.54. The molecule has 4 rings (SSSR count). The van der Waals surface area contributed by atoms with Crippen molar-refractivity contribution in [3.05, 3.63) is 99.3 Å². The number of halogens is 2. The Morgan fingerprint density at radius 2 is 1.78 bits per heavy atom. The van der Waals surface area contributed by atoms with Crippen LogP contribution in [-0.4, -0.2) is 26.9 Å². The zero-order valence-electron chi connectivity index (χ0n) is 20.6. The fourth-order valence-electron chi connectivity index (χ4n) is 5.52. The molecule has 1 N–H and O–H groups in total. The van der Waals surface area contributed by atoms with Crippen LogP contribution in [0.25, 0.3) is 0 Å². The highest BCUT2D eigenvalue weighted by molar-refractivity contribution is 6.30. The molecule has 0 bridgehead atoms. The SMILES string of the molecule is CC[C@H](c1cccc(C)n1)N1C(=O)[C@@](C)(CC(=O)O)C[C@H](c2cccc(Cl)c2)[C@H]1c1ccc(Cl)cc1. The third-order valence-corrected chi connectivity index (χ3v) is 7.59. The van der Waals surface area contributed by atoms with Gasteiger partial charge in [0.1, 0.15) is 0 Å². The highest BCUT2D eigenvalue weighted by Gasteiger charge is 2.52. The fraction of sp³-hybridized carbons (Fsp3) is 0.345. The van der Waals surface area contributed by atoms with E-state index in [1.54, 1.807) is 6.92 Å². The van der Waals surface area contributed by atoms with E-state index in [0.29, 0.717) is 22.9 Å². The summed E-state index contributed by atoms with van der Waals surface area (Å²) in [5, 5.41) is 11.0. The second-order valence-corrected chi connectivity index (χ2v) is 10.7. The Balaban J connectivity index is 1.96. The Hall–Kier alpha value is -2.89. The van der Waals surface area contributed by atoms with Crippen LogP contribution in [0.2, 0.25) is 10.0 Å². The first-order valence-electron chi connectivity index (χ1n) is 12.1. The van der Waals surface area contributed by atoms with E-state index >= 15 is 0 Å². The molecule has 4 atom stereocenters. The number of aliphatic carboxylic acids is 1. The normalized spacial score (nSPS) is 22.9. The molecule has 7 heteroatoms. The van der Waals surface area contributed by atoms with E-state index in [-0.39, 0.29) is 30.3 Å². The van der Waals surface area contributed by atoms with Crippen LogP contribution in [-0.2, 0) is 9.59 Å². The van der Waals surface area contributed by atoms with E-state index in [2.05, 4.69) is 0 Å². The van der Waals surface area contributed by atoms with Gasteiger partial charge in [-0.15, -0.1) is 0 Å². The van der Waals surface area contributed by atoms with Crippen LogP contribution in [0.15, 0.2) is 66.7 Å². The lowest BCUT2D eigenvalue weighted by molar-refractivity contribution is -0.161. The number of hydrogen-bond acceptors (Lipinski definition) is 3. The lowest BCUT2D eigenvalue weighted by Gasteiger charge is -2.51. The van der Waals surface area contributed by atoms with Crippen LogP contribution in [0.5, 0.6) is 0 Å². The number of amides is 1. The first-order chi connectivity index (χ1) is 17.1. The average molecular weight is 525 g/mol. The van der Waals surface area contributed by atoms with Gasteiger partial charge in [-0.25, -0.2) is 0 Å². The van der Waals surface area contributed by atoms with Gasteiger partial charge in [0.15, 0.2) is 0 Å². The van der Waals surface area contributed by atoms with Crippen LogP contribution in [0.1, 0.15) is 73.6 Å². The van der Waals surface area contributed by atoms with E-state index < -0.39 is 11.4 Å². The van der Waals surface area contributed by atoms with Crippen molar-refractivity contribution in [3.63, 3.8) is 0 Å². The first-order valence-corrected chi connectivity index (χ1v) is 12.9. The van der Waals surface area contributed by atoms with Crippen molar-refractivity contribution in [2.45, 2.75) is 58.0 Å². The third-order valence-electron chi connectivity index (χ3n) is 7.11. The zero-order valence-corrected chi connectivity index (χ0v) is 22.1. The Labute approximate surface area is 222 Å². The maximum atomic E-state index is 14.3. The predicted octanol–water partition coefficient (Wildman–Crippen LogP) is 7.39. The van der Waals surface area contributed by atoms with Gasteiger partial charge in [-0.05, 0) is 67.3 Å². The molecular formula is C29H30Cl2N2O3. The number of aromatic nitrogens is 1. The number of carbonyl (C=O) groups is 2. The van der Waals surface area contributed by atoms with Crippen molar-refractivity contribution in [1.82, 2.24) is 9.88 Å². The summed E-state index contributed by atoms with van der Waals surface area (Å²) in [6.07, 6.45) is 0.738. The molecule has 1 aliphatic rings. The average Bonchev–Trinajstić information content (AvgIpc) is 2.82. The van der Waals surface area contributed by atoms with Crippen molar-refractivity contribution < 1.29 is 14.7 Å². The van der Waals surface area contributed by atoms with Gasteiger partial charge in [-0.1, -0.05) is 67.4 Å². The molecule has 0 unspecified atom stereocenters. The number of carboxylic acid groups (broad SMARTS) is 1. The van der Waals surface area contributed by atoms with E-state index in [4.69, 9.17) is 28.2 Å². The molecule has 2 heterocycles. The molecule has 1 saturated heterocycles. The van der Waals surface area contributed by atoms with Gasteiger partial charge in [-0.3, -0.25) is 14.6 Å². The molecule has 1 aromatic heterocycles. The number of carboxylic acids is 1. The van der Waals surface area contributed by atoms with Crippen molar-refractivity contribution in [3.8, 4) is 0 Å². The quantitative estimate of drug-likeness (QED) is 0.349. The first kappa shape index (κ1) is 26.2. The number of hydrogen-bond donors (Lipinski definition) is 1. The summed E-state index contributed by atoms with van der Waals surface area (Å²) in [5.41, 5.74) is 2.44. The molecule has 188 valence electrons. The number of rotatable bonds is 7. The zero-order chi connectivity index (χ0) is 26.0. The fourth-order valence-corrected chi connectivity index (χ4v) is 5.85. The maximum Gasteiger partial charge on any atom is 0.304 e. The minimum absolute atomic E-state index is 0.182. The van der Waals surface area contributed by atoms with Gasteiger partial charge in [0.05, 0.1) is 29.6 Å². The molecule has 0 aliphatic carbocycles.